The second-order valence-corrected chi connectivity index (χ2v) is 3.71. The van der Waals surface area contributed by atoms with Crippen LogP contribution in [-0.4, -0.2) is 6.61 Å². The van der Waals surface area contributed by atoms with E-state index in [2.05, 4.69) is 0 Å². The van der Waals surface area contributed by atoms with Crippen LogP contribution >= 0.6 is 22.9 Å². The smallest absolute Gasteiger partial charge is 0.115 e. The van der Waals surface area contributed by atoms with Crippen LogP contribution < -0.4 is 0 Å². The summed E-state index contributed by atoms with van der Waals surface area (Å²) in [4.78, 5) is 1.25. The van der Waals surface area contributed by atoms with Crippen molar-refractivity contribution in [1.29, 1.82) is 0 Å². The minimum atomic E-state index is 0.363. The average Bonchev–Trinajstić information content (AvgIpc) is 2.58. The summed E-state index contributed by atoms with van der Waals surface area (Å²) >= 11 is 7.29. The summed E-state index contributed by atoms with van der Waals surface area (Å²) < 4.78 is 5.91. The molecule has 1 aromatic rings. The lowest BCUT2D eigenvalue weighted by molar-refractivity contribution is 0.418. The molecule has 0 saturated carbocycles. The Morgan fingerprint density at radius 1 is 1.67 bits per heavy atom. The molecule has 1 aliphatic heterocycles. The van der Waals surface area contributed by atoms with E-state index in [0.29, 0.717) is 6.10 Å². The lowest BCUT2D eigenvalue weighted by atomic mass is 10.4. The van der Waals surface area contributed by atoms with E-state index in [1.54, 1.807) is 11.3 Å². The predicted molar refractivity (Wildman–Crippen MR) is 38.0 cm³/mol. The van der Waals surface area contributed by atoms with Crippen LogP contribution in [0, 0.1) is 0 Å². The van der Waals surface area contributed by atoms with E-state index in [1.807, 2.05) is 12.1 Å². The molecule has 0 bridgehead atoms. The third kappa shape index (κ3) is 1.11. The van der Waals surface area contributed by atoms with E-state index in [0.717, 1.165) is 10.9 Å². The van der Waals surface area contributed by atoms with Gasteiger partial charge in [0, 0.05) is 4.88 Å². The van der Waals surface area contributed by atoms with E-state index in [-0.39, 0.29) is 0 Å². The summed E-state index contributed by atoms with van der Waals surface area (Å²) in [5.41, 5.74) is 0. The number of rotatable bonds is 1. The molecule has 0 aliphatic carbocycles. The van der Waals surface area contributed by atoms with Gasteiger partial charge in [0.1, 0.15) is 6.10 Å². The molecule has 0 N–H and O–H groups in total. The molecule has 0 aromatic carbocycles. The summed E-state index contributed by atoms with van der Waals surface area (Å²) in [5, 5.41) is 0. The van der Waals surface area contributed by atoms with Crippen LogP contribution in [0.25, 0.3) is 0 Å². The van der Waals surface area contributed by atoms with Crippen molar-refractivity contribution in [3.05, 3.63) is 21.3 Å². The number of epoxide rings is 1. The van der Waals surface area contributed by atoms with Gasteiger partial charge < -0.3 is 4.74 Å². The quantitative estimate of drug-likeness (QED) is 0.575. The molecule has 1 saturated heterocycles. The maximum absolute atomic E-state index is 5.70. The maximum atomic E-state index is 5.70. The number of hydrogen-bond donors (Lipinski definition) is 0. The van der Waals surface area contributed by atoms with Gasteiger partial charge in [-0.05, 0) is 12.1 Å². The zero-order chi connectivity index (χ0) is 6.27. The van der Waals surface area contributed by atoms with Gasteiger partial charge in [-0.3, -0.25) is 0 Å². The van der Waals surface area contributed by atoms with Gasteiger partial charge in [-0.1, -0.05) is 11.6 Å². The average molecular weight is 161 g/mol. The summed E-state index contributed by atoms with van der Waals surface area (Å²) in [6.45, 7) is 0.872. The zero-order valence-corrected chi connectivity index (χ0v) is 6.21. The Bertz CT molecular complexity index is 217. The summed E-state index contributed by atoms with van der Waals surface area (Å²) in [6, 6.07) is 3.92. The molecule has 2 rings (SSSR count). The Morgan fingerprint density at radius 2 is 2.44 bits per heavy atom. The fourth-order valence-electron chi connectivity index (χ4n) is 0.714. The first-order valence-corrected chi connectivity index (χ1v) is 3.92. The Hall–Kier alpha value is -0.0500. The zero-order valence-electron chi connectivity index (χ0n) is 4.63. The van der Waals surface area contributed by atoms with Crippen LogP contribution in [0.4, 0.5) is 0 Å². The van der Waals surface area contributed by atoms with Crippen LogP contribution in [-0.2, 0) is 4.74 Å². The van der Waals surface area contributed by atoms with E-state index in [1.165, 1.54) is 4.88 Å². The number of ether oxygens (including phenoxy) is 1. The van der Waals surface area contributed by atoms with Gasteiger partial charge in [-0.2, -0.15) is 0 Å². The molecule has 1 aromatic heterocycles. The monoisotopic (exact) mass is 160 g/mol. The third-order valence-corrected chi connectivity index (χ3v) is 2.57. The Balaban J connectivity index is 2.28. The highest BCUT2D eigenvalue weighted by Gasteiger charge is 2.25. The normalized spacial score (nSPS) is 24.3. The van der Waals surface area contributed by atoms with Crippen molar-refractivity contribution < 1.29 is 4.74 Å². The second-order valence-electron chi connectivity index (χ2n) is 1.96. The van der Waals surface area contributed by atoms with Crippen LogP contribution in [0.2, 0.25) is 4.34 Å². The first kappa shape index (κ1) is 5.71. The standard InChI is InChI=1S/C6H5ClOS/c7-6-2-1-5(9-6)4-3-8-4/h1-2,4H,3H2. The summed E-state index contributed by atoms with van der Waals surface area (Å²) in [6.07, 6.45) is 0.363. The second kappa shape index (κ2) is 1.97. The van der Waals surface area contributed by atoms with Gasteiger partial charge >= 0.3 is 0 Å². The molecule has 2 heterocycles. The van der Waals surface area contributed by atoms with Gasteiger partial charge in [0.25, 0.3) is 0 Å². The van der Waals surface area contributed by atoms with Crippen LogP contribution in [0.15, 0.2) is 12.1 Å². The molecule has 1 atom stereocenters. The van der Waals surface area contributed by atoms with E-state index < -0.39 is 0 Å². The van der Waals surface area contributed by atoms with Gasteiger partial charge in [-0.15, -0.1) is 11.3 Å². The largest absolute Gasteiger partial charge is 0.367 e. The fraction of sp³-hybridized carbons (Fsp3) is 0.333. The maximum Gasteiger partial charge on any atom is 0.115 e. The Labute approximate surface area is 62.2 Å². The van der Waals surface area contributed by atoms with Crippen molar-refractivity contribution >= 4 is 22.9 Å². The SMILES string of the molecule is Clc1ccc(C2CO2)s1. The van der Waals surface area contributed by atoms with Crippen molar-refractivity contribution in [2.45, 2.75) is 6.10 Å². The molecule has 1 aliphatic rings. The Kier molecular flexibility index (Phi) is 1.25. The van der Waals surface area contributed by atoms with E-state index >= 15 is 0 Å². The van der Waals surface area contributed by atoms with Gasteiger partial charge in [0.2, 0.25) is 0 Å². The molecule has 3 heteroatoms. The number of thiophene rings is 1. The molecular formula is C6H5ClOS. The molecule has 48 valence electrons. The molecule has 1 fully saturated rings. The topological polar surface area (TPSA) is 12.5 Å². The van der Waals surface area contributed by atoms with Gasteiger partial charge in [0.05, 0.1) is 10.9 Å². The van der Waals surface area contributed by atoms with E-state index in [4.69, 9.17) is 16.3 Å². The molecule has 0 amide bonds. The van der Waals surface area contributed by atoms with Gasteiger partial charge in [0.15, 0.2) is 0 Å². The molecule has 1 nitrogen and oxygen atoms in total. The van der Waals surface area contributed by atoms with Crippen molar-refractivity contribution in [1.82, 2.24) is 0 Å². The van der Waals surface area contributed by atoms with Crippen LogP contribution in [0.5, 0.6) is 0 Å². The minimum absolute atomic E-state index is 0.363. The molecule has 1 unspecified atom stereocenters. The van der Waals surface area contributed by atoms with Crippen LogP contribution in [0.1, 0.15) is 11.0 Å². The van der Waals surface area contributed by atoms with Crippen molar-refractivity contribution in [3.8, 4) is 0 Å². The van der Waals surface area contributed by atoms with Crippen molar-refractivity contribution in [2.75, 3.05) is 6.61 Å². The number of halogens is 1. The highest BCUT2D eigenvalue weighted by Crippen LogP contribution is 2.36. The van der Waals surface area contributed by atoms with E-state index in [9.17, 15) is 0 Å². The molecule has 9 heavy (non-hydrogen) atoms. The highest BCUT2D eigenvalue weighted by atomic mass is 35.5. The van der Waals surface area contributed by atoms with Crippen molar-refractivity contribution in [3.63, 3.8) is 0 Å². The number of hydrogen-bond acceptors (Lipinski definition) is 2. The highest BCUT2D eigenvalue weighted by molar-refractivity contribution is 7.16. The molecular weight excluding hydrogens is 156 g/mol. The molecule has 0 radical (unpaired) electrons. The van der Waals surface area contributed by atoms with Gasteiger partial charge in [-0.25, -0.2) is 0 Å². The Morgan fingerprint density at radius 3 is 2.89 bits per heavy atom. The first-order chi connectivity index (χ1) is 4.36. The fourth-order valence-corrected chi connectivity index (χ4v) is 1.81. The van der Waals surface area contributed by atoms with Crippen molar-refractivity contribution in [2.24, 2.45) is 0 Å². The summed E-state index contributed by atoms with van der Waals surface area (Å²) in [5.74, 6) is 0. The van der Waals surface area contributed by atoms with Crippen LogP contribution in [0.3, 0.4) is 0 Å². The first-order valence-electron chi connectivity index (χ1n) is 2.73. The summed E-state index contributed by atoms with van der Waals surface area (Å²) in [7, 11) is 0. The predicted octanol–water partition coefficient (Wildman–Crippen LogP) is 2.47. The lowest BCUT2D eigenvalue weighted by Gasteiger charge is -1.80. The molecule has 0 spiro atoms. The lowest BCUT2D eigenvalue weighted by Crippen LogP contribution is -1.65. The minimum Gasteiger partial charge on any atom is -0.367 e. The third-order valence-electron chi connectivity index (χ3n) is 1.24.